The van der Waals surface area contributed by atoms with Gasteiger partial charge in [-0.15, -0.1) is 11.8 Å². The summed E-state index contributed by atoms with van der Waals surface area (Å²) in [5, 5.41) is 11.2. The van der Waals surface area contributed by atoms with Crippen molar-refractivity contribution in [2.75, 3.05) is 5.75 Å². The molecule has 0 spiro atoms. The zero-order valence-electron chi connectivity index (χ0n) is 7.44. The van der Waals surface area contributed by atoms with Crippen LogP contribution in [-0.2, 0) is 0 Å². The summed E-state index contributed by atoms with van der Waals surface area (Å²) in [5.41, 5.74) is 0. The summed E-state index contributed by atoms with van der Waals surface area (Å²) in [4.78, 5) is 10.4. The van der Waals surface area contributed by atoms with Gasteiger partial charge in [-0.3, -0.25) is 10.1 Å². The van der Waals surface area contributed by atoms with Gasteiger partial charge >= 0.3 is 0 Å². The number of nitro groups is 1. The highest BCUT2D eigenvalue weighted by Gasteiger charge is 2.32. The van der Waals surface area contributed by atoms with Crippen LogP contribution in [0.3, 0.4) is 0 Å². The third kappa shape index (κ3) is 2.65. The van der Waals surface area contributed by atoms with Gasteiger partial charge in [0.25, 0.3) is 0 Å². The first-order valence-electron chi connectivity index (χ1n) is 4.06. The molecule has 0 aromatic carbocycles. The number of hydrogen-bond donors (Lipinski definition) is 0. The van der Waals surface area contributed by atoms with Crippen molar-refractivity contribution in [1.82, 2.24) is 0 Å². The molecule has 78 valence electrons. The average molecular weight is 254 g/mol. The second-order valence-electron chi connectivity index (χ2n) is 2.73. The highest BCUT2D eigenvalue weighted by molar-refractivity contribution is 8.00. The van der Waals surface area contributed by atoms with Crippen LogP contribution in [-0.4, -0.2) is 22.0 Å². The Bertz CT molecular complexity index is 304. The van der Waals surface area contributed by atoms with Gasteiger partial charge in [0.1, 0.15) is 0 Å². The van der Waals surface area contributed by atoms with Gasteiger partial charge in [0, 0.05) is 11.0 Å². The van der Waals surface area contributed by atoms with Gasteiger partial charge < -0.3 is 0 Å². The summed E-state index contributed by atoms with van der Waals surface area (Å²) < 4.78 is 0. The second-order valence-corrected chi connectivity index (χ2v) is 4.99. The molecule has 1 rings (SSSR count). The summed E-state index contributed by atoms with van der Waals surface area (Å²) in [7, 11) is 0. The van der Waals surface area contributed by atoms with Crippen LogP contribution in [0.5, 0.6) is 0 Å². The molecule has 6 heteroatoms. The van der Waals surface area contributed by atoms with Crippen molar-refractivity contribution in [1.29, 1.82) is 0 Å². The molecule has 0 radical (unpaired) electrons. The van der Waals surface area contributed by atoms with Gasteiger partial charge in [-0.05, 0) is 11.8 Å². The van der Waals surface area contributed by atoms with E-state index in [9.17, 15) is 10.1 Å². The maximum atomic E-state index is 10.7. The Morgan fingerprint density at radius 2 is 2.07 bits per heavy atom. The van der Waals surface area contributed by atoms with Gasteiger partial charge in [0.15, 0.2) is 0 Å². The van der Waals surface area contributed by atoms with E-state index in [2.05, 4.69) is 0 Å². The highest BCUT2D eigenvalue weighted by atomic mass is 35.5. The highest BCUT2D eigenvalue weighted by Crippen LogP contribution is 2.32. The fourth-order valence-corrected chi connectivity index (χ4v) is 2.62. The van der Waals surface area contributed by atoms with Gasteiger partial charge in [-0.2, -0.15) is 0 Å². The van der Waals surface area contributed by atoms with E-state index < -0.39 is 6.04 Å². The Balaban J connectivity index is 2.88. The molecule has 1 aliphatic carbocycles. The summed E-state index contributed by atoms with van der Waals surface area (Å²) in [6.07, 6.45) is 3.04. The van der Waals surface area contributed by atoms with Crippen LogP contribution >= 0.6 is 35.0 Å². The minimum Gasteiger partial charge on any atom is -0.264 e. The molecule has 0 N–H and O–H groups in total. The lowest BCUT2D eigenvalue weighted by Gasteiger charge is -2.18. The van der Waals surface area contributed by atoms with Crippen LogP contribution in [0.1, 0.15) is 6.92 Å². The van der Waals surface area contributed by atoms with Crippen molar-refractivity contribution < 1.29 is 4.92 Å². The molecule has 0 fully saturated rings. The van der Waals surface area contributed by atoms with Gasteiger partial charge in [-0.25, -0.2) is 0 Å². The zero-order valence-corrected chi connectivity index (χ0v) is 9.77. The molecule has 0 aromatic rings. The van der Waals surface area contributed by atoms with Crippen molar-refractivity contribution in [3.05, 3.63) is 32.3 Å². The topological polar surface area (TPSA) is 43.1 Å². The third-order valence-corrected chi connectivity index (χ3v) is 3.68. The summed E-state index contributed by atoms with van der Waals surface area (Å²) >= 11 is 13.0. The van der Waals surface area contributed by atoms with Crippen LogP contribution in [0, 0.1) is 10.1 Å². The van der Waals surface area contributed by atoms with E-state index in [1.54, 1.807) is 6.08 Å². The normalized spacial score (nSPS) is 26.8. The SMILES string of the molecule is CCSC1C=C(Cl)C(Cl)=CC1[N+](=O)[O-]. The maximum Gasteiger partial charge on any atom is 0.248 e. The molecule has 0 aliphatic heterocycles. The largest absolute Gasteiger partial charge is 0.264 e. The summed E-state index contributed by atoms with van der Waals surface area (Å²) in [5.74, 6) is 0.807. The van der Waals surface area contributed by atoms with Crippen LogP contribution in [0.2, 0.25) is 0 Å². The van der Waals surface area contributed by atoms with E-state index in [0.717, 1.165) is 5.75 Å². The predicted molar refractivity (Wildman–Crippen MR) is 60.6 cm³/mol. The Hall–Kier alpha value is -0.190. The maximum absolute atomic E-state index is 10.7. The standard InChI is InChI=1S/C8H9Cl2NO2S/c1-2-14-8-4-6(10)5(9)3-7(8)11(12)13/h3-4,7-8H,2H2,1H3. The van der Waals surface area contributed by atoms with E-state index in [0.29, 0.717) is 5.03 Å². The van der Waals surface area contributed by atoms with Crippen LogP contribution in [0.4, 0.5) is 0 Å². The lowest BCUT2D eigenvalue weighted by Crippen LogP contribution is -2.30. The Kier molecular flexibility index (Phi) is 4.29. The molecule has 2 atom stereocenters. The van der Waals surface area contributed by atoms with Crippen molar-refractivity contribution in [2.24, 2.45) is 0 Å². The molecule has 0 amide bonds. The molecule has 2 unspecified atom stereocenters. The summed E-state index contributed by atoms with van der Waals surface area (Å²) in [6.45, 7) is 1.95. The van der Waals surface area contributed by atoms with Crippen molar-refractivity contribution in [2.45, 2.75) is 18.2 Å². The number of hydrogen-bond acceptors (Lipinski definition) is 3. The molecule has 14 heavy (non-hydrogen) atoms. The fourth-order valence-electron chi connectivity index (χ4n) is 1.17. The molecule has 3 nitrogen and oxygen atoms in total. The average Bonchev–Trinajstić information content (AvgIpc) is 2.11. The minimum absolute atomic E-state index is 0.218. The lowest BCUT2D eigenvalue weighted by atomic mass is 10.1. The molecule has 0 aromatic heterocycles. The van der Waals surface area contributed by atoms with Gasteiger partial charge in [-0.1, -0.05) is 30.1 Å². The molecule has 0 heterocycles. The number of thioether (sulfide) groups is 1. The van der Waals surface area contributed by atoms with E-state index in [1.165, 1.54) is 17.8 Å². The molecule has 0 saturated heterocycles. The Labute approximate surface area is 96.3 Å². The number of nitrogens with zero attached hydrogens (tertiary/aromatic N) is 1. The quantitative estimate of drug-likeness (QED) is 0.574. The second kappa shape index (κ2) is 5.05. The Morgan fingerprint density at radius 3 is 2.57 bits per heavy atom. The first-order chi connectivity index (χ1) is 6.56. The Morgan fingerprint density at radius 1 is 1.50 bits per heavy atom. The van der Waals surface area contributed by atoms with Crippen molar-refractivity contribution >= 4 is 35.0 Å². The van der Waals surface area contributed by atoms with Gasteiger partial charge in [0.2, 0.25) is 6.04 Å². The summed E-state index contributed by atoms with van der Waals surface area (Å²) in [6, 6.07) is -0.769. The van der Waals surface area contributed by atoms with Crippen LogP contribution in [0.25, 0.3) is 0 Å². The minimum atomic E-state index is -0.769. The predicted octanol–water partition coefficient (Wildman–Crippen LogP) is 3.01. The zero-order chi connectivity index (χ0) is 10.7. The van der Waals surface area contributed by atoms with Gasteiger partial charge in [0.05, 0.1) is 15.3 Å². The molecular weight excluding hydrogens is 245 g/mol. The number of halogens is 2. The van der Waals surface area contributed by atoms with E-state index in [-0.39, 0.29) is 15.2 Å². The number of allylic oxidation sites excluding steroid dienone is 2. The van der Waals surface area contributed by atoms with Crippen molar-refractivity contribution in [3.63, 3.8) is 0 Å². The van der Waals surface area contributed by atoms with E-state index in [1.807, 2.05) is 6.92 Å². The molecule has 0 bridgehead atoms. The lowest BCUT2D eigenvalue weighted by molar-refractivity contribution is -0.507. The smallest absolute Gasteiger partial charge is 0.248 e. The molecule has 1 aliphatic rings. The van der Waals surface area contributed by atoms with Crippen LogP contribution in [0.15, 0.2) is 22.2 Å². The van der Waals surface area contributed by atoms with E-state index >= 15 is 0 Å². The van der Waals surface area contributed by atoms with Crippen LogP contribution < -0.4 is 0 Å². The monoisotopic (exact) mass is 253 g/mol. The third-order valence-electron chi connectivity index (χ3n) is 1.79. The fraction of sp³-hybridized carbons (Fsp3) is 0.500. The number of rotatable bonds is 3. The first kappa shape index (κ1) is 11.9. The molecule has 0 saturated carbocycles. The van der Waals surface area contributed by atoms with Crippen molar-refractivity contribution in [3.8, 4) is 0 Å². The first-order valence-corrected chi connectivity index (χ1v) is 5.86. The molecular formula is C8H9Cl2NO2S. The van der Waals surface area contributed by atoms with E-state index in [4.69, 9.17) is 23.2 Å².